The van der Waals surface area contributed by atoms with Crippen molar-refractivity contribution in [2.75, 3.05) is 0 Å². The molecule has 2 heteroatoms. The molecule has 0 spiro atoms. The van der Waals surface area contributed by atoms with Gasteiger partial charge in [0.15, 0.2) is 0 Å². The Morgan fingerprint density at radius 3 is 2.35 bits per heavy atom. The molecule has 0 radical (unpaired) electrons. The summed E-state index contributed by atoms with van der Waals surface area (Å²) in [7, 11) is 0. The maximum Gasteiger partial charge on any atom is 0.314 e. The number of benzene rings is 1. The van der Waals surface area contributed by atoms with Gasteiger partial charge in [-0.1, -0.05) is 52.0 Å². The summed E-state index contributed by atoms with van der Waals surface area (Å²) in [4.78, 5) is 11.6. The topological polar surface area (TPSA) is 37.3 Å². The molecule has 2 nitrogen and oxygen atoms in total. The standard InChI is InChI=1S/C15H20O2/c1-10(2)11-6-5-7-12(8-11)15(13(16)17)9-14(15,3)4/h5-8,10H,9H2,1-4H3,(H,16,17). The van der Waals surface area contributed by atoms with Crippen LogP contribution in [0.1, 0.15) is 51.2 Å². The number of carboxylic acids is 1. The van der Waals surface area contributed by atoms with Gasteiger partial charge < -0.3 is 5.11 Å². The van der Waals surface area contributed by atoms with Gasteiger partial charge in [0.05, 0.1) is 5.41 Å². The molecule has 0 aromatic heterocycles. The summed E-state index contributed by atoms with van der Waals surface area (Å²) < 4.78 is 0. The van der Waals surface area contributed by atoms with Crippen LogP contribution in [0.15, 0.2) is 24.3 Å². The predicted octanol–water partition coefficient (Wildman–Crippen LogP) is 3.56. The van der Waals surface area contributed by atoms with Crippen LogP contribution < -0.4 is 0 Å². The van der Waals surface area contributed by atoms with Crippen LogP contribution in [-0.4, -0.2) is 11.1 Å². The fraction of sp³-hybridized carbons (Fsp3) is 0.533. The quantitative estimate of drug-likeness (QED) is 0.865. The van der Waals surface area contributed by atoms with Crippen LogP contribution in [0.25, 0.3) is 0 Å². The van der Waals surface area contributed by atoms with Crippen LogP contribution in [0, 0.1) is 5.41 Å². The number of hydrogen-bond acceptors (Lipinski definition) is 1. The first kappa shape index (κ1) is 12.2. The molecule has 0 saturated heterocycles. The van der Waals surface area contributed by atoms with Gasteiger partial charge in [-0.2, -0.15) is 0 Å². The van der Waals surface area contributed by atoms with Gasteiger partial charge in [0.25, 0.3) is 0 Å². The number of carbonyl (C=O) groups is 1. The summed E-state index contributed by atoms with van der Waals surface area (Å²) in [6.07, 6.45) is 0.733. The van der Waals surface area contributed by atoms with E-state index < -0.39 is 11.4 Å². The van der Waals surface area contributed by atoms with Crippen molar-refractivity contribution in [2.24, 2.45) is 5.41 Å². The van der Waals surface area contributed by atoms with Crippen molar-refractivity contribution in [1.82, 2.24) is 0 Å². The Kier molecular flexibility index (Phi) is 2.57. The minimum absolute atomic E-state index is 0.131. The Labute approximate surface area is 103 Å². The van der Waals surface area contributed by atoms with Gasteiger partial charge in [-0.15, -0.1) is 0 Å². The zero-order chi connectivity index (χ0) is 12.8. The Hall–Kier alpha value is -1.31. The maximum atomic E-state index is 11.6. The minimum Gasteiger partial charge on any atom is -0.481 e. The first-order valence-corrected chi connectivity index (χ1v) is 6.15. The number of carboxylic acid groups (broad SMARTS) is 1. The molecule has 1 unspecified atom stereocenters. The van der Waals surface area contributed by atoms with Crippen LogP contribution >= 0.6 is 0 Å². The number of aliphatic carboxylic acids is 1. The summed E-state index contributed by atoms with van der Waals surface area (Å²) in [5.41, 5.74) is 1.37. The van der Waals surface area contributed by atoms with Gasteiger partial charge >= 0.3 is 5.97 Å². The summed E-state index contributed by atoms with van der Waals surface area (Å²) in [5, 5.41) is 9.52. The van der Waals surface area contributed by atoms with Crippen molar-refractivity contribution >= 4 is 5.97 Å². The lowest BCUT2D eigenvalue weighted by molar-refractivity contribution is -0.141. The second-order valence-corrected chi connectivity index (χ2v) is 6.05. The van der Waals surface area contributed by atoms with Crippen molar-refractivity contribution in [3.05, 3.63) is 35.4 Å². The van der Waals surface area contributed by atoms with E-state index in [2.05, 4.69) is 26.0 Å². The van der Waals surface area contributed by atoms with Crippen molar-refractivity contribution in [3.63, 3.8) is 0 Å². The highest BCUT2D eigenvalue weighted by Gasteiger charge is 2.67. The summed E-state index contributed by atoms with van der Waals surface area (Å²) in [5.74, 6) is -0.258. The van der Waals surface area contributed by atoms with E-state index in [4.69, 9.17) is 0 Å². The molecule has 1 aromatic carbocycles. The molecular weight excluding hydrogens is 212 g/mol. The van der Waals surface area contributed by atoms with E-state index in [0.29, 0.717) is 5.92 Å². The third kappa shape index (κ3) is 1.67. The summed E-state index contributed by atoms with van der Waals surface area (Å²) in [6.45, 7) is 8.32. The molecule has 0 heterocycles. The fourth-order valence-electron chi connectivity index (χ4n) is 2.76. The molecule has 1 atom stereocenters. The van der Waals surface area contributed by atoms with Gasteiger partial charge in [-0.05, 0) is 28.9 Å². The van der Waals surface area contributed by atoms with E-state index in [9.17, 15) is 9.90 Å². The molecule has 1 N–H and O–H groups in total. The van der Waals surface area contributed by atoms with Crippen LogP contribution in [0.5, 0.6) is 0 Å². The summed E-state index contributed by atoms with van der Waals surface area (Å²) in [6, 6.07) is 8.06. The largest absolute Gasteiger partial charge is 0.481 e. The molecule has 2 rings (SSSR count). The Morgan fingerprint density at radius 2 is 1.94 bits per heavy atom. The van der Waals surface area contributed by atoms with E-state index in [1.807, 2.05) is 26.0 Å². The van der Waals surface area contributed by atoms with E-state index >= 15 is 0 Å². The lowest BCUT2D eigenvalue weighted by Gasteiger charge is -2.18. The van der Waals surface area contributed by atoms with Gasteiger partial charge in [-0.25, -0.2) is 0 Å². The molecule has 1 saturated carbocycles. The van der Waals surface area contributed by atoms with Crippen molar-refractivity contribution < 1.29 is 9.90 Å². The molecule has 17 heavy (non-hydrogen) atoms. The fourth-order valence-corrected chi connectivity index (χ4v) is 2.76. The lowest BCUT2D eigenvalue weighted by Crippen LogP contribution is -2.25. The second kappa shape index (κ2) is 3.59. The summed E-state index contributed by atoms with van der Waals surface area (Å²) >= 11 is 0. The average Bonchev–Trinajstić information content (AvgIpc) is 2.83. The third-order valence-electron chi connectivity index (χ3n) is 4.15. The van der Waals surface area contributed by atoms with Crippen LogP contribution in [0.4, 0.5) is 0 Å². The Balaban J connectivity index is 2.47. The van der Waals surface area contributed by atoms with Crippen molar-refractivity contribution in [2.45, 2.75) is 45.4 Å². The molecular formula is C15H20O2. The van der Waals surface area contributed by atoms with E-state index in [1.165, 1.54) is 5.56 Å². The van der Waals surface area contributed by atoms with Crippen molar-refractivity contribution in [1.29, 1.82) is 0 Å². The highest BCUT2D eigenvalue weighted by Crippen LogP contribution is 2.64. The lowest BCUT2D eigenvalue weighted by atomic mass is 9.86. The zero-order valence-corrected chi connectivity index (χ0v) is 10.9. The van der Waals surface area contributed by atoms with Crippen LogP contribution in [0.3, 0.4) is 0 Å². The molecule has 0 bridgehead atoms. The zero-order valence-electron chi connectivity index (χ0n) is 10.9. The smallest absolute Gasteiger partial charge is 0.314 e. The number of hydrogen-bond donors (Lipinski definition) is 1. The third-order valence-corrected chi connectivity index (χ3v) is 4.15. The highest BCUT2D eigenvalue weighted by atomic mass is 16.4. The van der Waals surface area contributed by atoms with Crippen LogP contribution in [0.2, 0.25) is 0 Å². The molecule has 1 aromatic rings. The Bertz CT molecular complexity index is 460. The minimum atomic E-state index is -0.691. The monoisotopic (exact) mass is 232 g/mol. The molecule has 1 aliphatic carbocycles. The number of rotatable bonds is 3. The van der Waals surface area contributed by atoms with Crippen molar-refractivity contribution in [3.8, 4) is 0 Å². The highest BCUT2D eigenvalue weighted by molar-refractivity contribution is 5.87. The second-order valence-electron chi connectivity index (χ2n) is 6.05. The van der Waals surface area contributed by atoms with Gasteiger partial charge in [-0.3, -0.25) is 4.79 Å². The maximum absolute atomic E-state index is 11.6. The first-order valence-electron chi connectivity index (χ1n) is 6.15. The van der Waals surface area contributed by atoms with Crippen LogP contribution in [-0.2, 0) is 10.2 Å². The van der Waals surface area contributed by atoms with E-state index in [0.717, 1.165) is 12.0 Å². The SMILES string of the molecule is CC(C)c1cccc(C2(C(=O)O)CC2(C)C)c1. The van der Waals surface area contributed by atoms with E-state index in [1.54, 1.807) is 0 Å². The van der Waals surface area contributed by atoms with Gasteiger partial charge in [0.2, 0.25) is 0 Å². The normalized spacial score (nSPS) is 25.9. The molecule has 92 valence electrons. The van der Waals surface area contributed by atoms with Gasteiger partial charge in [0.1, 0.15) is 0 Å². The first-order chi connectivity index (χ1) is 7.81. The molecule has 0 amide bonds. The van der Waals surface area contributed by atoms with Gasteiger partial charge in [0, 0.05) is 0 Å². The average molecular weight is 232 g/mol. The molecule has 0 aliphatic heterocycles. The Morgan fingerprint density at radius 1 is 1.35 bits per heavy atom. The molecule has 1 aliphatic rings. The van der Waals surface area contributed by atoms with E-state index in [-0.39, 0.29) is 5.41 Å². The molecule has 1 fully saturated rings. The predicted molar refractivity (Wildman–Crippen MR) is 68.2 cm³/mol.